The summed E-state index contributed by atoms with van der Waals surface area (Å²) >= 11 is 0. The van der Waals surface area contributed by atoms with Gasteiger partial charge in [-0.05, 0) is 63.0 Å². The number of hydrogen-bond donors (Lipinski definition) is 2. The number of amides is 3. The average Bonchev–Trinajstić information content (AvgIpc) is 3.40. The van der Waals surface area contributed by atoms with Crippen molar-refractivity contribution in [3.63, 3.8) is 0 Å². The molecule has 5 atom stereocenters. The van der Waals surface area contributed by atoms with Crippen molar-refractivity contribution in [2.45, 2.75) is 110 Å². The van der Waals surface area contributed by atoms with Crippen LogP contribution >= 0.6 is 0 Å². The molecule has 0 spiro atoms. The largest absolute Gasteiger partial charge is 0.417 e. The van der Waals surface area contributed by atoms with Crippen LogP contribution in [0.25, 0.3) is 10.9 Å². The Morgan fingerprint density at radius 2 is 1.84 bits per heavy atom. The molecule has 1 aromatic carbocycles. The van der Waals surface area contributed by atoms with Gasteiger partial charge in [-0.2, -0.15) is 4.73 Å². The van der Waals surface area contributed by atoms with E-state index in [2.05, 4.69) is 16.7 Å². The number of carbonyl (C=O) groups is 4. The lowest BCUT2D eigenvalue weighted by atomic mass is 9.87. The minimum atomic E-state index is -0.929. The molecule has 2 aliphatic heterocycles. The maximum atomic E-state index is 14.1. The molecular formula is C35H50N4O5. The van der Waals surface area contributed by atoms with Crippen molar-refractivity contribution in [1.29, 1.82) is 0 Å². The lowest BCUT2D eigenvalue weighted by Crippen LogP contribution is -2.61. The minimum absolute atomic E-state index is 0.0540. The molecule has 2 aromatic rings. The maximum Gasteiger partial charge on any atom is 0.246 e. The second kappa shape index (κ2) is 15.9. The number of nitrogens with zero attached hydrogens (tertiary/aromatic N) is 2. The third-order valence-corrected chi connectivity index (χ3v) is 9.43. The van der Waals surface area contributed by atoms with Crippen LogP contribution in [0.15, 0.2) is 42.6 Å². The minimum Gasteiger partial charge on any atom is -0.417 e. The zero-order valence-electron chi connectivity index (χ0n) is 26.8. The van der Waals surface area contributed by atoms with E-state index in [0.29, 0.717) is 25.8 Å². The molecule has 0 aliphatic carbocycles. The van der Waals surface area contributed by atoms with E-state index in [-0.39, 0.29) is 36.4 Å². The Morgan fingerprint density at radius 1 is 1.05 bits per heavy atom. The van der Waals surface area contributed by atoms with E-state index in [1.807, 2.05) is 57.3 Å². The van der Waals surface area contributed by atoms with Gasteiger partial charge in [0.1, 0.15) is 19.2 Å². The molecule has 2 aliphatic rings. The van der Waals surface area contributed by atoms with Gasteiger partial charge in [0.05, 0.1) is 11.6 Å². The number of aromatic nitrogens is 1. The second-order valence-corrected chi connectivity index (χ2v) is 12.4. The van der Waals surface area contributed by atoms with Crippen molar-refractivity contribution in [2.24, 2.45) is 11.8 Å². The smallest absolute Gasteiger partial charge is 0.246 e. The Labute approximate surface area is 261 Å². The van der Waals surface area contributed by atoms with E-state index in [1.165, 1.54) is 0 Å². The third kappa shape index (κ3) is 7.90. The van der Waals surface area contributed by atoms with Gasteiger partial charge < -0.3 is 20.4 Å². The van der Waals surface area contributed by atoms with Crippen LogP contribution < -0.4 is 15.5 Å². The van der Waals surface area contributed by atoms with E-state index in [0.717, 1.165) is 55.0 Å². The molecule has 9 heteroatoms. The van der Waals surface area contributed by atoms with Crippen molar-refractivity contribution in [1.82, 2.24) is 20.3 Å². The van der Waals surface area contributed by atoms with Gasteiger partial charge in [-0.15, -0.1) is 0 Å². The SMILES string of the molecule is CC=CCCCCC[C@@H]1CC(=O)[C@H]2CCCCN2C(=O)[C@H](C(C)CC)NC(=O)[C@H](Cc2cn(OC)c3ccccc23)NC1=O. The van der Waals surface area contributed by atoms with Crippen LogP contribution in [0.5, 0.6) is 0 Å². The molecule has 240 valence electrons. The molecule has 0 saturated carbocycles. The van der Waals surface area contributed by atoms with E-state index in [1.54, 1.807) is 16.7 Å². The fourth-order valence-corrected chi connectivity index (χ4v) is 6.60. The number of para-hydroxylation sites is 1. The lowest BCUT2D eigenvalue weighted by Gasteiger charge is -2.39. The zero-order chi connectivity index (χ0) is 31.6. The fraction of sp³-hybridized carbons (Fsp3) is 0.600. The first-order chi connectivity index (χ1) is 21.3. The standard InChI is InChI=1S/C35H50N4O5/c1-5-7-8-9-10-11-16-25-22-31(40)30-19-14-15-20-38(30)35(43)32(24(3)6-2)37-34(42)28(36-33(25)41)21-26-23-39(44-4)29-18-13-12-17-27(26)29/h5,7,12-13,17-18,23-25,28,30,32H,6,8-11,14-16,19-22H2,1-4H3,(H,36,41)(H,37,42)/t24?,25-,28+,30-,32+/m1/s1. The zero-order valence-corrected chi connectivity index (χ0v) is 26.8. The predicted octanol–water partition coefficient (Wildman–Crippen LogP) is 4.75. The number of piperidine rings is 1. The van der Waals surface area contributed by atoms with E-state index in [4.69, 9.17) is 4.84 Å². The van der Waals surface area contributed by atoms with Crippen LogP contribution in [0.3, 0.4) is 0 Å². The summed E-state index contributed by atoms with van der Waals surface area (Å²) in [5.74, 6) is -1.64. The van der Waals surface area contributed by atoms with Crippen LogP contribution in [0.4, 0.5) is 0 Å². The highest BCUT2D eigenvalue weighted by molar-refractivity contribution is 5.98. The number of unbranched alkanes of at least 4 members (excludes halogenated alkanes) is 3. The normalized spacial score (nSPS) is 24.4. The van der Waals surface area contributed by atoms with Crippen LogP contribution in [-0.2, 0) is 25.6 Å². The number of allylic oxidation sites excluding steroid dienone is 2. The molecule has 4 rings (SSSR count). The molecule has 1 unspecified atom stereocenters. The highest BCUT2D eigenvalue weighted by atomic mass is 16.6. The Morgan fingerprint density at radius 3 is 2.59 bits per heavy atom. The summed E-state index contributed by atoms with van der Waals surface area (Å²) in [5, 5.41) is 6.98. The lowest BCUT2D eigenvalue weighted by molar-refractivity contribution is -0.147. The maximum absolute atomic E-state index is 14.1. The van der Waals surface area contributed by atoms with E-state index in [9.17, 15) is 19.2 Å². The van der Waals surface area contributed by atoms with Crippen molar-refractivity contribution in [3.05, 3.63) is 48.2 Å². The van der Waals surface area contributed by atoms with E-state index >= 15 is 0 Å². The van der Waals surface area contributed by atoms with Crippen molar-refractivity contribution >= 4 is 34.4 Å². The molecule has 3 heterocycles. The van der Waals surface area contributed by atoms with Crippen LogP contribution in [0.2, 0.25) is 0 Å². The number of fused-ring (bicyclic) bond motifs is 2. The summed E-state index contributed by atoms with van der Waals surface area (Å²) in [7, 11) is 1.58. The average molecular weight is 607 g/mol. The number of Topliss-reactive ketones (excluding diaryl/α,β-unsaturated/α-hetero) is 1. The van der Waals surface area contributed by atoms with Gasteiger partial charge in [0.2, 0.25) is 17.7 Å². The molecule has 2 N–H and O–H groups in total. The summed E-state index contributed by atoms with van der Waals surface area (Å²) in [5.41, 5.74) is 1.70. The van der Waals surface area contributed by atoms with Crippen molar-refractivity contribution in [2.75, 3.05) is 13.7 Å². The summed E-state index contributed by atoms with van der Waals surface area (Å²) in [6.45, 7) is 6.42. The molecular weight excluding hydrogens is 556 g/mol. The molecule has 9 nitrogen and oxygen atoms in total. The first-order valence-electron chi connectivity index (χ1n) is 16.5. The Hall–Kier alpha value is -3.62. The van der Waals surface area contributed by atoms with Crippen LogP contribution in [0, 0.1) is 11.8 Å². The summed E-state index contributed by atoms with van der Waals surface area (Å²) in [6, 6.07) is 5.48. The van der Waals surface area contributed by atoms with Gasteiger partial charge in [-0.25, -0.2) is 0 Å². The number of carbonyl (C=O) groups excluding carboxylic acids is 4. The number of benzene rings is 1. The van der Waals surface area contributed by atoms with Crippen molar-refractivity contribution in [3.8, 4) is 0 Å². The number of hydrogen-bond acceptors (Lipinski definition) is 5. The Kier molecular flexibility index (Phi) is 12.0. The van der Waals surface area contributed by atoms with Crippen LogP contribution in [-0.4, -0.2) is 64.9 Å². The summed E-state index contributed by atoms with van der Waals surface area (Å²) in [4.78, 5) is 63.1. The molecule has 2 fully saturated rings. The number of ketones is 1. The molecule has 44 heavy (non-hydrogen) atoms. The highest BCUT2D eigenvalue weighted by Gasteiger charge is 2.40. The fourth-order valence-electron chi connectivity index (χ4n) is 6.60. The molecule has 0 radical (unpaired) electrons. The predicted molar refractivity (Wildman–Crippen MR) is 172 cm³/mol. The van der Waals surface area contributed by atoms with Gasteiger partial charge >= 0.3 is 0 Å². The topological polar surface area (TPSA) is 110 Å². The van der Waals surface area contributed by atoms with Gasteiger partial charge in [-0.3, -0.25) is 19.2 Å². The summed E-state index contributed by atoms with van der Waals surface area (Å²) in [6.07, 6.45) is 13.6. The molecule has 3 amide bonds. The molecule has 2 saturated heterocycles. The monoisotopic (exact) mass is 606 g/mol. The quantitative estimate of drug-likeness (QED) is 0.283. The van der Waals surface area contributed by atoms with Gasteiger partial charge in [0.15, 0.2) is 5.78 Å². The molecule has 0 bridgehead atoms. The number of rotatable bonds is 11. The van der Waals surface area contributed by atoms with Gasteiger partial charge in [0.25, 0.3) is 0 Å². The molecule has 1 aromatic heterocycles. The van der Waals surface area contributed by atoms with E-state index < -0.39 is 30.0 Å². The number of nitrogens with one attached hydrogen (secondary N) is 2. The summed E-state index contributed by atoms with van der Waals surface area (Å²) < 4.78 is 1.65. The Bertz CT molecular complexity index is 1330. The highest BCUT2D eigenvalue weighted by Crippen LogP contribution is 2.27. The van der Waals surface area contributed by atoms with Crippen molar-refractivity contribution < 1.29 is 24.0 Å². The first-order valence-corrected chi connectivity index (χ1v) is 16.5. The van der Waals surface area contributed by atoms with Gasteiger partial charge in [-0.1, -0.05) is 63.5 Å². The first kappa shape index (κ1) is 33.3. The third-order valence-electron chi connectivity index (χ3n) is 9.43. The van der Waals surface area contributed by atoms with Crippen LogP contribution in [0.1, 0.15) is 90.5 Å². The Balaban J connectivity index is 1.68. The second-order valence-electron chi connectivity index (χ2n) is 12.4. The van der Waals surface area contributed by atoms with Gasteiger partial charge in [0, 0.05) is 36.9 Å².